The average molecular weight is 269 g/mol. The predicted octanol–water partition coefficient (Wildman–Crippen LogP) is 2.67. The molecule has 3 aromatic rings. The predicted molar refractivity (Wildman–Crippen MR) is 73.8 cm³/mol. The van der Waals surface area contributed by atoms with Gasteiger partial charge in [0.25, 0.3) is 0 Å². The first-order valence-corrected chi connectivity index (χ1v) is 6.62. The molecule has 0 aliphatic heterocycles. The quantitative estimate of drug-likeness (QED) is 0.741. The first-order chi connectivity index (χ1) is 9.36. The van der Waals surface area contributed by atoms with Crippen molar-refractivity contribution in [1.29, 1.82) is 0 Å². The summed E-state index contributed by atoms with van der Waals surface area (Å²) in [4.78, 5) is 12.8. The van der Waals surface area contributed by atoms with Gasteiger partial charge in [0.1, 0.15) is 16.4 Å². The molecule has 3 rings (SSSR count). The number of hydrogen-bond acceptors (Lipinski definition) is 5. The van der Waals surface area contributed by atoms with E-state index in [0.717, 1.165) is 26.5 Å². The van der Waals surface area contributed by atoms with Gasteiger partial charge in [-0.3, -0.25) is 0 Å². The Labute approximate surface area is 114 Å². The van der Waals surface area contributed by atoms with Gasteiger partial charge in [-0.1, -0.05) is 24.3 Å². The van der Waals surface area contributed by atoms with Crippen LogP contribution in [-0.2, 0) is 6.61 Å². The van der Waals surface area contributed by atoms with E-state index in [0.29, 0.717) is 0 Å². The maximum atomic E-state index is 8.99. The summed E-state index contributed by atoms with van der Waals surface area (Å²) in [5.41, 5.74) is 1.73. The monoisotopic (exact) mass is 269 g/mol. The van der Waals surface area contributed by atoms with Crippen LogP contribution in [0.4, 0.5) is 0 Å². The molecule has 4 nitrogen and oxygen atoms in total. The fraction of sp³-hybridized carbons (Fsp3) is 0.0714. The molecule has 94 valence electrons. The topological polar surface area (TPSA) is 58.9 Å². The van der Waals surface area contributed by atoms with Crippen LogP contribution in [0.15, 0.2) is 59.0 Å². The number of para-hydroxylation sites is 1. The fourth-order valence-corrected chi connectivity index (χ4v) is 2.55. The van der Waals surface area contributed by atoms with Crippen LogP contribution < -0.4 is 0 Å². The third-order valence-corrected chi connectivity index (χ3v) is 3.66. The lowest BCUT2D eigenvalue weighted by Crippen LogP contribution is -1.89. The van der Waals surface area contributed by atoms with E-state index in [1.54, 1.807) is 12.5 Å². The number of benzene rings is 1. The zero-order valence-corrected chi connectivity index (χ0v) is 10.8. The number of aliphatic hydroxyl groups excluding tert-OH is 1. The van der Waals surface area contributed by atoms with Crippen molar-refractivity contribution in [2.75, 3.05) is 0 Å². The normalized spacial score (nSPS) is 10.8. The van der Waals surface area contributed by atoms with Crippen molar-refractivity contribution in [3.8, 4) is 0 Å². The molecule has 1 aromatic carbocycles. The van der Waals surface area contributed by atoms with Gasteiger partial charge in [0.15, 0.2) is 0 Å². The van der Waals surface area contributed by atoms with Crippen LogP contribution in [0.5, 0.6) is 0 Å². The standard InChI is InChI=1S/C14H11N3OS/c18-8-10-5-6-13(15-7-10)19-14-11-3-1-2-4-12(11)16-9-17-14/h1-7,9,18H,8H2. The molecule has 0 spiro atoms. The lowest BCUT2D eigenvalue weighted by Gasteiger charge is -2.04. The van der Waals surface area contributed by atoms with Crippen molar-refractivity contribution in [3.05, 3.63) is 54.5 Å². The van der Waals surface area contributed by atoms with Crippen molar-refractivity contribution >= 4 is 22.7 Å². The number of pyridine rings is 1. The molecule has 0 aliphatic carbocycles. The molecule has 0 saturated carbocycles. The van der Waals surface area contributed by atoms with Crippen LogP contribution in [0.2, 0.25) is 0 Å². The van der Waals surface area contributed by atoms with Crippen LogP contribution >= 0.6 is 11.8 Å². The maximum absolute atomic E-state index is 8.99. The Morgan fingerprint density at radius 1 is 1.00 bits per heavy atom. The minimum Gasteiger partial charge on any atom is -0.392 e. The molecule has 0 aliphatic rings. The second kappa shape index (κ2) is 5.34. The summed E-state index contributed by atoms with van der Waals surface area (Å²) in [5, 5.41) is 11.7. The average Bonchev–Trinajstić information content (AvgIpc) is 2.48. The molecule has 0 bridgehead atoms. The fourth-order valence-electron chi connectivity index (χ4n) is 1.73. The number of nitrogens with zero attached hydrogens (tertiary/aromatic N) is 3. The van der Waals surface area contributed by atoms with Gasteiger partial charge in [-0.2, -0.15) is 0 Å². The second-order valence-corrected chi connectivity index (χ2v) is 4.97. The molecule has 0 saturated heterocycles. The van der Waals surface area contributed by atoms with Crippen molar-refractivity contribution in [2.45, 2.75) is 16.7 Å². The Bertz CT molecular complexity index is 695. The maximum Gasteiger partial charge on any atom is 0.117 e. The largest absolute Gasteiger partial charge is 0.392 e. The number of aliphatic hydroxyl groups is 1. The van der Waals surface area contributed by atoms with E-state index in [1.165, 1.54) is 11.8 Å². The van der Waals surface area contributed by atoms with Gasteiger partial charge in [0.2, 0.25) is 0 Å². The molecule has 5 heteroatoms. The van der Waals surface area contributed by atoms with Crippen LogP contribution in [0.1, 0.15) is 5.56 Å². The van der Waals surface area contributed by atoms with E-state index in [-0.39, 0.29) is 6.61 Å². The van der Waals surface area contributed by atoms with E-state index < -0.39 is 0 Å². The SMILES string of the molecule is OCc1ccc(Sc2ncnc3ccccc23)nc1. The highest BCUT2D eigenvalue weighted by atomic mass is 32.2. The van der Waals surface area contributed by atoms with Crippen LogP contribution in [0.25, 0.3) is 10.9 Å². The molecule has 0 atom stereocenters. The smallest absolute Gasteiger partial charge is 0.117 e. The molecule has 0 radical (unpaired) electrons. The van der Waals surface area contributed by atoms with Crippen LogP contribution in [0.3, 0.4) is 0 Å². The third-order valence-electron chi connectivity index (χ3n) is 2.69. The van der Waals surface area contributed by atoms with E-state index in [9.17, 15) is 0 Å². The highest BCUT2D eigenvalue weighted by Crippen LogP contribution is 2.29. The zero-order chi connectivity index (χ0) is 13.1. The molecule has 2 aromatic heterocycles. The van der Waals surface area contributed by atoms with Crippen molar-refractivity contribution in [1.82, 2.24) is 15.0 Å². The Balaban J connectivity index is 1.96. The molecular weight excluding hydrogens is 258 g/mol. The molecule has 0 unspecified atom stereocenters. The zero-order valence-electron chi connectivity index (χ0n) is 10.0. The van der Waals surface area contributed by atoms with E-state index in [2.05, 4.69) is 15.0 Å². The lowest BCUT2D eigenvalue weighted by molar-refractivity contribution is 0.281. The second-order valence-electron chi connectivity index (χ2n) is 3.96. The van der Waals surface area contributed by atoms with Gasteiger partial charge in [-0.05, 0) is 29.5 Å². The van der Waals surface area contributed by atoms with Crippen molar-refractivity contribution in [2.24, 2.45) is 0 Å². The summed E-state index contributed by atoms with van der Waals surface area (Å²) in [6, 6.07) is 11.6. The number of fused-ring (bicyclic) bond motifs is 1. The summed E-state index contributed by atoms with van der Waals surface area (Å²) in [6.07, 6.45) is 3.23. The van der Waals surface area contributed by atoms with Gasteiger partial charge in [0.05, 0.1) is 12.1 Å². The van der Waals surface area contributed by atoms with Crippen molar-refractivity contribution in [3.63, 3.8) is 0 Å². The highest BCUT2D eigenvalue weighted by Gasteiger charge is 2.06. The Morgan fingerprint density at radius 2 is 1.89 bits per heavy atom. The van der Waals surface area contributed by atoms with Crippen LogP contribution in [-0.4, -0.2) is 20.1 Å². The summed E-state index contributed by atoms with van der Waals surface area (Å²) in [5.74, 6) is 0. The summed E-state index contributed by atoms with van der Waals surface area (Å²) < 4.78 is 0. The highest BCUT2D eigenvalue weighted by molar-refractivity contribution is 7.99. The summed E-state index contributed by atoms with van der Waals surface area (Å²) in [7, 11) is 0. The minimum absolute atomic E-state index is 0.00832. The Morgan fingerprint density at radius 3 is 2.68 bits per heavy atom. The number of rotatable bonds is 3. The number of aromatic nitrogens is 3. The Hall–Kier alpha value is -1.98. The molecule has 1 N–H and O–H groups in total. The van der Waals surface area contributed by atoms with Crippen molar-refractivity contribution < 1.29 is 5.11 Å². The first-order valence-electron chi connectivity index (χ1n) is 5.80. The van der Waals surface area contributed by atoms with Gasteiger partial charge in [0, 0.05) is 11.6 Å². The molecule has 0 amide bonds. The molecule has 0 fully saturated rings. The van der Waals surface area contributed by atoms with Gasteiger partial charge in [-0.15, -0.1) is 0 Å². The van der Waals surface area contributed by atoms with E-state index in [1.807, 2.05) is 36.4 Å². The van der Waals surface area contributed by atoms with E-state index in [4.69, 9.17) is 5.11 Å². The van der Waals surface area contributed by atoms with Gasteiger partial charge in [-0.25, -0.2) is 15.0 Å². The molecule has 2 heterocycles. The van der Waals surface area contributed by atoms with E-state index >= 15 is 0 Å². The van der Waals surface area contributed by atoms with Gasteiger partial charge >= 0.3 is 0 Å². The summed E-state index contributed by atoms with van der Waals surface area (Å²) >= 11 is 1.49. The third kappa shape index (κ3) is 2.57. The molecule has 19 heavy (non-hydrogen) atoms. The first kappa shape index (κ1) is 12.1. The molecular formula is C14H11N3OS. The lowest BCUT2D eigenvalue weighted by atomic mass is 10.2. The Kier molecular flexibility index (Phi) is 3.39. The van der Waals surface area contributed by atoms with Crippen LogP contribution in [0, 0.1) is 0 Å². The summed E-state index contributed by atoms with van der Waals surface area (Å²) in [6.45, 7) is 0.00832. The number of hydrogen-bond donors (Lipinski definition) is 1. The minimum atomic E-state index is 0.00832. The van der Waals surface area contributed by atoms with Gasteiger partial charge < -0.3 is 5.11 Å².